The van der Waals surface area contributed by atoms with Crippen molar-refractivity contribution in [2.24, 2.45) is 0 Å². The molecule has 2 amide bonds. The van der Waals surface area contributed by atoms with E-state index in [1.54, 1.807) is 18.7 Å². The van der Waals surface area contributed by atoms with Gasteiger partial charge in [0.15, 0.2) is 0 Å². The smallest absolute Gasteiger partial charge is 0.224 e. The average Bonchev–Trinajstić information content (AvgIpc) is 3.04. The number of nitrogens with one attached hydrogen (secondary N) is 1. The van der Waals surface area contributed by atoms with Gasteiger partial charge < -0.3 is 20.1 Å². The van der Waals surface area contributed by atoms with E-state index >= 15 is 0 Å². The van der Waals surface area contributed by atoms with Crippen molar-refractivity contribution in [2.45, 2.75) is 124 Å². The van der Waals surface area contributed by atoms with E-state index in [0.29, 0.717) is 18.1 Å². The standard InChI is InChI=1S/C22H27NO3.C12H17NO.C3H8.C2H6/c1-21(2,25)22(14-7-4-8-15-22)23(17-24)18-10-9-13-20(16-18)26-19-11-5-3-6-12-19;1-4-12(14)13-11-8-6-5-7-10(11)9(2)3;1-3-2;1-2/h3,5-6,9-13,16-17,25H,4,7-8,14-15H2,1-2H3;5-9H,4H2,1-3H3,(H,13,14);3H2,1-2H3;1-2H3. The fourth-order valence-electron chi connectivity index (χ4n) is 5.37. The molecule has 0 heterocycles. The molecule has 0 saturated heterocycles. The second kappa shape index (κ2) is 20.4. The molecule has 4 rings (SSSR count). The van der Waals surface area contributed by atoms with E-state index in [1.807, 2.05) is 93.6 Å². The number of rotatable bonds is 9. The van der Waals surface area contributed by atoms with Crippen molar-refractivity contribution in [2.75, 3.05) is 10.2 Å². The van der Waals surface area contributed by atoms with Gasteiger partial charge >= 0.3 is 0 Å². The largest absolute Gasteiger partial charge is 0.457 e. The highest BCUT2D eigenvalue weighted by atomic mass is 16.5. The van der Waals surface area contributed by atoms with Crippen LogP contribution in [-0.4, -0.2) is 28.6 Å². The molecule has 248 valence electrons. The number of hydrogen-bond acceptors (Lipinski definition) is 4. The minimum atomic E-state index is -0.995. The minimum absolute atomic E-state index is 0.0677. The van der Waals surface area contributed by atoms with E-state index in [2.05, 4.69) is 39.1 Å². The van der Waals surface area contributed by atoms with Crippen LogP contribution in [0.4, 0.5) is 11.4 Å². The predicted octanol–water partition coefficient (Wildman–Crippen LogP) is 10.5. The van der Waals surface area contributed by atoms with Crippen LogP contribution >= 0.6 is 0 Å². The molecule has 1 saturated carbocycles. The molecule has 0 aromatic heterocycles. The quantitative estimate of drug-likeness (QED) is 0.234. The molecule has 6 nitrogen and oxygen atoms in total. The maximum atomic E-state index is 12.1. The number of para-hydroxylation sites is 2. The third-order valence-electron chi connectivity index (χ3n) is 7.64. The summed E-state index contributed by atoms with van der Waals surface area (Å²) in [6, 6.07) is 25.0. The molecule has 3 aromatic carbocycles. The van der Waals surface area contributed by atoms with Gasteiger partial charge in [-0.3, -0.25) is 9.59 Å². The molecular formula is C39H58N2O4. The molecule has 0 unspecified atom stereocenters. The fraction of sp³-hybridized carbons (Fsp3) is 0.487. The number of ether oxygens (including phenoxy) is 1. The van der Waals surface area contributed by atoms with Crippen molar-refractivity contribution in [3.8, 4) is 11.5 Å². The summed E-state index contributed by atoms with van der Waals surface area (Å²) in [6.45, 7) is 18.0. The van der Waals surface area contributed by atoms with Crippen molar-refractivity contribution in [3.63, 3.8) is 0 Å². The third-order valence-corrected chi connectivity index (χ3v) is 7.64. The highest BCUT2D eigenvalue weighted by molar-refractivity contribution is 5.91. The SMILES string of the molecule is CC.CC(C)(O)C1(N(C=O)c2cccc(Oc3ccccc3)c2)CCCCC1.CCC.CCC(=O)Nc1ccccc1C(C)C. The van der Waals surface area contributed by atoms with E-state index in [9.17, 15) is 14.7 Å². The van der Waals surface area contributed by atoms with Crippen LogP contribution in [0.3, 0.4) is 0 Å². The Balaban J connectivity index is 0.000000449. The number of amides is 2. The molecule has 1 aliphatic rings. The van der Waals surface area contributed by atoms with E-state index in [-0.39, 0.29) is 5.91 Å². The van der Waals surface area contributed by atoms with Crippen LogP contribution in [0, 0.1) is 0 Å². The summed E-state index contributed by atoms with van der Waals surface area (Å²) in [5.74, 6) is 1.92. The van der Waals surface area contributed by atoms with Crippen LogP contribution < -0.4 is 15.0 Å². The minimum Gasteiger partial charge on any atom is -0.457 e. The number of nitrogens with zero attached hydrogens (tertiary/aromatic N) is 1. The Bertz CT molecular complexity index is 1250. The third kappa shape index (κ3) is 12.0. The number of anilines is 2. The lowest BCUT2D eigenvalue weighted by Gasteiger charge is -2.51. The number of hydrogen-bond donors (Lipinski definition) is 2. The summed E-state index contributed by atoms with van der Waals surface area (Å²) >= 11 is 0. The highest BCUT2D eigenvalue weighted by Crippen LogP contribution is 2.44. The summed E-state index contributed by atoms with van der Waals surface area (Å²) in [6.07, 6.45) is 7.36. The van der Waals surface area contributed by atoms with Crippen LogP contribution in [0.1, 0.15) is 119 Å². The first-order valence-corrected chi connectivity index (χ1v) is 16.7. The summed E-state index contributed by atoms with van der Waals surface area (Å²) in [5, 5.41) is 13.8. The molecule has 0 aliphatic heterocycles. The Morgan fingerprint density at radius 1 is 0.911 bits per heavy atom. The number of carbonyl (C=O) groups is 2. The van der Waals surface area contributed by atoms with E-state index in [4.69, 9.17) is 4.74 Å². The van der Waals surface area contributed by atoms with Crippen molar-refractivity contribution < 1.29 is 19.4 Å². The second-order valence-corrected chi connectivity index (χ2v) is 11.9. The summed E-state index contributed by atoms with van der Waals surface area (Å²) < 4.78 is 5.91. The van der Waals surface area contributed by atoms with Crippen LogP contribution in [0.5, 0.6) is 11.5 Å². The van der Waals surface area contributed by atoms with Crippen LogP contribution in [0.2, 0.25) is 0 Å². The zero-order chi connectivity index (χ0) is 33.9. The molecular weight excluding hydrogens is 560 g/mol. The Morgan fingerprint density at radius 3 is 2.00 bits per heavy atom. The van der Waals surface area contributed by atoms with Crippen molar-refractivity contribution in [1.82, 2.24) is 0 Å². The van der Waals surface area contributed by atoms with Gasteiger partial charge in [0.25, 0.3) is 0 Å². The van der Waals surface area contributed by atoms with Gasteiger partial charge in [-0.15, -0.1) is 0 Å². The molecule has 2 N–H and O–H groups in total. The molecule has 6 heteroatoms. The molecule has 45 heavy (non-hydrogen) atoms. The van der Waals surface area contributed by atoms with Crippen molar-refractivity contribution in [1.29, 1.82) is 0 Å². The molecule has 1 aliphatic carbocycles. The van der Waals surface area contributed by atoms with Gasteiger partial charge in [0.1, 0.15) is 11.5 Å². The van der Waals surface area contributed by atoms with Crippen molar-refractivity contribution in [3.05, 3.63) is 84.4 Å². The molecule has 0 radical (unpaired) electrons. The summed E-state index contributed by atoms with van der Waals surface area (Å²) in [4.78, 5) is 25.1. The van der Waals surface area contributed by atoms with Gasteiger partial charge in [-0.05, 0) is 68.5 Å². The molecule has 0 spiro atoms. The van der Waals surface area contributed by atoms with Crippen LogP contribution in [-0.2, 0) is 9.59 Å². The number of aliphatic hydroxyl groups is 1. The van der Waals surface area contributed by atoms with Gasteiger partial charge in [-0.2, -0.15) is 0 Å². The Kier molecular flexibility index (Phi) is 17.9. The first kappa shape index (κ1) is 39.4. The number of carbonyl (C=O) groups excluding carboxylic acids is 2. The Hall–Kier alpha value is -3.64. The van der Waals surface area contributed by atoms with E-state index in [0.717, 1.165) is 55.6 Å². The van der Waals surface area contributed by atoms with Gasteiger partial charge in [0.05, 0.1) is 11.1 Å². The Labute approximate surface area is 273 Å². The van der Waals surface area contributed by atoms with E-state index < -0.39 is 11.1 Å². The monoisotopic (exact) mass is 618 g/mol. The number of benzene rings is 3. The van der Waals surface area contributed by atoms with Gasteiger partial charge in [0, 0.05) is 23.9 Å². The second-order valence-electron chi connectivity index (χ2n) is 11.9. The van der Waals surface area contributed by atoms with E-state index in [1.165, 1.54) is 12.0 Å². The average molecular weight is 619 g/mol. The first-order valence-electron chi connectivity index (χ1n) is 16.7. The maximum absolute atomic E-state index is 12.1. The Morgan fingerprint density at radius 2 is 1.47 bits per heavy atom. The molecule has 1 fully saturated rings. The fourth-order valence-corrected chi connectivity index (χ4v) is 5.37. The molecule has 0 bridgehead atoms. The molecule has 0 atom stereocenters. The van der Waals surface area contributed by atoms with Crippen molar-refractivity contribution >= 4 is 23.7 Å². The lowest BCUT2D eigenvalue weighted by atomic mass is 9.70. The first-order chi connectivity index (χ1) is 21.5. The predicted molar refractivity (Wildman–Crippen MR) is 190 cm³/mol. The van der Waals surface area contributed by atoms with Gasteiger partial charge in [-0.1, -0.05) is 117 Å². The summed E-state index contributed by atoms with van der Waals surface area (Å²) in [7, 11) is 0. The van der Waals surface area contributed by atoms with Crippen LogP contribution in [0.25, 0.3) is 0 Å². The van der Waals surface area contributed by atoms with Crippen LogP contribution in [0.15, 0.2) is 78.9 Å². The lowest BCUT2D eigenvalue weighted by Crippen LogP contribution is -2.62. The zero-order valence-corrected chi connectivity index (χ0v) is 29.2. The highest BCUT2D eigenvalue weighted by Gasteiger charge is 2.49. The molecule has 3 aromatic rings. The van der Waals surface area contributed by atoms with Gasteiger partial charge in [0.2, 0.25) is 12.3 Å². The normalized spacial score (nSPS) is 13.4. The topological polar surface area (TPSA) is 78.9 Å². The summed E-state index contributed by atoms with van der Waals surface area (Å²) in [5.41, 5.74) is 1.28. The van der Waals surface area contributed by atoms with Gasteiger partial charge in [-0.25, -0.2) is 0 Å². The maximum Gasteiger partial charge on any atom is 0.224 e. The zero-order valence-electron chi connectivity index (χ0n) is 29.2. The lowest BCUT2D eigenvalue weighted by molar-refractivity contribution is -0.116.